The monoisotopic (exact) mass is 244 g/mol. The molecule has 1 heterocycles. The fourth-order valence-corrected chi connectivity index (χ4v) is 3.45. The van der Waals surface area contributed by atoms with Gasteiger partial charge >= 0.3 is 0 Å². The van der Waals surface area contributed by atoms with Crippen LogP contribution in [0.25, 0.3) is 0 Å². The zero-order chi connectivity index (χ0) is 12.0. The van der Waals surface area contributed by atoms with Crippen LogP contribution in [0.15, 0.2) is 0 Å². The molecule has 1 atom stereocenters. The number of hydrogen-bond donors (Lipinski definition) is 1. The van der Waals surface area contributed by atoms with Gasteiger partial charge in [-0.2, -0.15) is 11.8 Å². The van der Waals surface area contributed by atoms with Crippen LogP contribution >= 0.6 is 11.8 Å². The van der Waals surface area contributed by atoms with E-state index in [2.05, 4.69) is 37.4 Å². The lowest BCUT2D eigenvalue weighted by Gasteiger charge is -2.34. The molecule has 0 aromatic rings. The van der Waals surface area contributed by atoms with Crippen LogP contribution in [0, 0.1) is 5.41 Å². The van der Waals surface area contributed by atoms with E-state index in [1.807, 2.05) is 0 Å². The summed E-state index contributed by atoms with van der Waals surface area (Å²) in [6.45, 7) is 10.4. The van der Waals surface area contributed by atoms with E-state index in [1.54, 1.807) is 0 Å². The second-order valence-corrected chi connectivity index (χ2v) is 6.92. The number of nitrogens with zero attached hydrogens (tertiary/aromatic N) is 1. The Kier molecular flexibility index (Phi) is 6.16. The van der Waals surface area contributed by atoms with Crippen molar-refractivity contribution in [3.8, 4) is 0 Å². The smallest absolute Gasteiger partial charge is 0.0158 e. The highest BCUT2D eigenvalue weighted by Gasteiger charge is 2.20. The Balaban J connectivity index is 2.18. The average Bonchev–Trinajstić information content (AvgIpc) is 2.20. The summed E-state index contributed by atoms with van der Waals surface area (Å²) in [7, 11) is 0. The molecule has 0 aromatic heterocycles. The molecule has 0 aromatic carbocycles. The lowest BCUT2D eigenvalue weighted by molar-refractivity contribution is 0.207. The second-order valence-electron chi connectivity index (χ2n) is 5.77. The largest absolute Gasteiger partial charge is 0.330 e. The Bertz CT molecular complexity index is 194. The van der Waals surface area contributed by atoms with E-state index in [1.165, 1.54) is 37.4 Å². The van der Waals surface area contributed by atoms with Crippen LogP contribution in [0.3, 0.4) is 0 Å². The lowest BCUT2D eigenvalue weighted by atomic mass is 9.84. The summed E-state index contributed by atoms with van der Waals surface area (Å²) < 4.78 is 0. The van der Waals surface area contributed by atoms with Gasteiger partial charge in [-0.25, -0.2) is 0 Å². The fourth-order valence-electron chi connectivity index (χ4n) is 2.37. The quantitative estimate of drug-likeness (QED) is 0.779. The van der Waals surface area contributed by atoms with Gasteiger partial charge in [-0.1, -0.05) is 13.8 Å². The molecule has 2 nitrogen and oxygen atoms in total. The molecule has 16 heavy (non-hydrogen) atoms. The number of rotatable bonds is 6. The van der Waals surface area contributed by atoms with Crippen molar-refractivity contribution in [1.29, 1.82) is 0 Å². The molecular weight excluding hydrogens is 216 g/mol. The summed E-state index contributed by atoms with van der Waals surface area (Å²) in [5.41, 5.74) is 6.07. The predicted molar refractivity (Wildman–Crippen MR) is 75.0 cm³/mol. The number of nitrogens with two attached hydrogens (primary N) is 1. The Morgan fingerprint density at radius 3 is 2.75 bits per heavy atom. The Labute approximate surface area is 105 Å². The third-order valence-electron chi connectivity index (χ3n) is 3.63. The molecule has 0 radical (unpaired) electrons. The summed E-state index contributed by atoms with van der Waals surface area (Å²) in [6.07, 6.45) is 3.78. The van der Waals surface area contributed by atoms with Crippen molar-refractivity contribution in [3.05, 3.63) is 0 Å². The van der Waals surface area contributed by atoms with Crippen molar-refractivity contribution in [1.82, 2.24) is 4.90 Å². The van der Waals surface area contributed by atoms with Crippen molar-refractivity contribution in [2.45, 2.75) is 46.1 Å². The van der Waals surface area contributed by atoms with Crippen molar-refractivity contribution >= 4 is 11.8 Å². The third kappa shape index (κ3) is 5.07. The third-order valence-corrected chi connectivity index (χ3v) is 4.81. The van der Waals surface area contributed by atoms with Crippen molar-refractivity contribution in [2.24, 2.45) is 11.1 Å². The molecule has 0 amide bonds. The standard InChI is InChI=1S/C13H28N2S/c1-12-11-16-10-9-15(12)8-4-5-13(2,3)6-7-14/h12H,4-11,14H2,1-3H3. The van der Waals surface area contributed by atoms with Crippen LogP contribution in [0.4, 0.5) is 0 Å². The molecule has 2 N–H and O–H groups in total. The molecule has 1 unspecified atom stereocenters. The summed E-state index contributed by atoms with van der Waals surface area (Å²) in [4.78, 5) is 2.65. The van der Waals surface area contributed by atoms with Crippen LogP contribution in [0.5, 0.6) is 0 Å². The molecular formula is C13H28N2S. The highest BCUT2D eigenvalue weighted by Crippen LogP contribution is 2.26. The first-order chi connectivity index (χ1) is 7.55. The topological polar surface area (TPSA) is 29.3 Å². The van der Waals surface area contributed by atoms with Gasteiger partial charge in [-0.05, 0) is 44.7 Å². The maximum atomic E-state index is 5.64. The predicted octanol–water partition coefficient (Wildman–Crippen LogP) is 2.58. The van der Waals surface area contributed by atoms with E-state index in [-0.39, 0.29) is 0 Å². The Morgan fingerprint density at radius 1 is 1.38 bits per heavy atom. The van der Waals surface area contributed by atoms with Gasteiger partial charge in [-0.3, -0.25) is 4.90 Å². The maximum absolute atomic E-state index is 5.64. The zero-order valence-corrected chi connectivity index (χ0v) is 12.0. The van der Waals surface area contributed by atoms with Gasteiger partial charge in [0.2, 0.25) is 0 Å². The first-order valence-electron chi connectivity index (χ1n) is 6.57. The first kappa shape index (κ1) is 14.3. The molecule has 1 aliphatic rings. The normalized spacial score (nSPS) is 23.6. The van der Waals surface area contributed by atoms with Crippen molar-refractivity contribution in [2.75, 3.05) is 31.1 Å². The first-order valence-corrected chi connectivity index (χ1v) is 7.72. The van der Waals surface area contributed by atoms with E-state index in [0.717, 1.165) is 19.0 Å². The molecule has 3 heteroatoms. The van der Waals surface area contributed by atoms with Gasteiger partial charge in [0.15, 0.2) is 0 Å². The molecule has 1 fully saturated rings. The Morgan fingerprint density at radius 2 is 2.12 bits per heavy atom. The SMILES string of the molecule is CC1CSCCN1CCCC(C)(C)CCN. The highest BCUT2D eigenvalue weighted by atomic mass is 32.2. The zero-order valence-electron chi connectivity index (χ0n) is 11.2. The van der Waals surface area contributed by atoms with Gasteiger partial charge < -0.3 is 5.73 Å². The minimum absolute atomic E-state index is 0.433. The highest BCUT2D eigenvalue weighted by molar-refractivity contribution is 7.99. The molecule has 1 saturated heterocycles. The summed E-state index contributed by atoms with van der Waals surface area (Å²) in [5, 5.41) is 0. The van der Waals surface area contributed by atoms with Crippen LogP contribution in [0.1, 0.15) is 40.0 Å². The van der Waals surface area contributed by atoms with Crippen molar-refractivity contribution < 1.29 is 0 Å². The van der Waals surface area contributed by atoms with Gasteiger partial charge in [-0.15, -0.1) is 0 Å². The van der Waals surface area contributed by atoms with Crippen LogP contribution in [-0.2, 0) is 0 Å². The van der Waals surface area contributed by atoms with E-state index >= 15 is 0 Å². The molecule has 1 rings (SSSR count). The van der Waals surface area contributed by atoms with E-state index in [4.69, 9.17) is 5.73 Å². The second kappa shape index (κ2) is 6.87. The van der Waals surface area contributed by atoms with Crippen molar-refractivity contribution in [3.63, 3.8) is 0 Å². The minimum atomic E-state index is 0.433. The lowest BCUT2D eigenvalue weighted by Crippen LogP contribution is -2.41. The summed E-state index contributed by atoms with van der Waals surface area (Å²) in [5.74, 6) is 2.63. The average molecular weight is 244 g/mol. The van der Waals surface area contributed by atoms with E-state index < -0.39 is 0 Å². The van der Waals surface area contributed by atoms with Gasteiger partial charge in [0.1, 0.15) is 0 Å². The Hall–Kier alpha value is 0.270. The fraction of sp³-hybridized carbons (Fsp3) is 1.00. The van der Waals surface area contributed by atoms with E-state index in [9.17, 15) is 0 Å². The summed E-state index contributed by atoms with van der Waals surface area (Å²) in [6, 6.07) is 0.774. The van der Waals surface area contributed by atoms with Crippen LogP contribution in [-0.4, -0.2) is 42.1 Å². The van der Waals surface area contributed by atoms with Crippen LogP contribution in [0.2, 0.25) is 0 Å². The molecule has 0 aliphatic carbocycles. The number of thioether (sulfide) groups is 1. The summed E-state index contributed by atoms with van der Waals surface area (Å²) >= 11 is 2.10. The molecule has 0 bridgehead atoms. The van der Waals surface area contributed by atoms with Gasteiger partial charge in [0.05, 0.1) is 0 Å². The molecule has 1 aliphatic heterocycles. The van der Waals surface area contributed by atoms with E-state index in [0.29, 0.717) is 5.41 Å². The number of hydrogen-bond acceptors (Lipinski definition) is 3. The molecule has 96 valence electrons. The maximum Gasteiger partial charge on any atom is 0.0158 e. The van der Waals surface area contributed by atoms with Crippen LogP contribution < -0.4 is 5.73 Å². The molecule has 0 saturated carbocycles. The minimum Gasteiger partial charge on any atom is -0.330 e. The molecule has 0 spiro atoms. The van der Waals surface area contributed by atoms with Gasteiger partial charge in [0.25, 0.3) is 0 Å². The van der Waals surface area contributed by atoms with Gasteiger partial charge in [0, 0.05) is 24.1 Å².